The van der Waals surface area contributed by atoms with E-state index in [4.69, 9.17) is 9.47 Å². The van der Waals surface area contributed by atoms with Gasteiger partial charge < -0.3 is 24.8 Å². The van der Waals surface area contributed by atoms with E-state index >= 15 is 0 Å². The largest absolute Gasteiger partial charge is 0.491 e. The molecule has 0 aliphatic heterocycles. The van der Waals surface area contributed by atoms with Crippen LogP contribution in [0.3, 0.4) is 0 Å². The van der Waals surface area contributed by atoms with Crippen LogP contribution in [0.15, 0.2) is 41.5 Å². The molecule has 2 aromatic rings. The first kappa shape index (κ1) is 17.9. The molecule has 3 rings (SSSR count). The quantitative estimate of drug-likeness (QED) is 0.699. The van der Waals surface area contributed by atoms with Gasteiger partial charge in [-0.05, 0) is 47.5 Å². The molecular formula is C18H20O6S. The van der Waals surface area contributed by atoms with Gasteiger partial charge >= 0.3 is 5.97 Å². The third-order valence-electron chi connectivity index (χ3n) is 4.11. The Morgan fingerprint density at radius 2 is 2.16 bits per heavy atom. The number of ether oxygens (including phenoxy) is 2. The summed E-state index contributed by atoms with van der Waals surface area (Å²) < 4.78 is 11.6. The fourth-order valence-corrected chi connectivity index (χ4v) is 3.57. The third kappa shape index (κ3) is 3.69. The Hall–Kier alpha value is -1.93. The van der Waals surface area contributed by atoms with E-state index in [1.54, 1.807) is 18.3 Å². The van der Waals surface area contributed by atoms with Crippen molar-refractivity contribution in [2.45, 2.75) is 37.8 Å². The van der Waals surface area contributed by atoms with Crippen LogP contribution >= 0.6 is 11.3 Å². The molecule has 25 heavy (non-hydrogen) atoms. The number of hydrogen-bond donors (Lipinski definition) is 3. The molecule has 134 valence electrons. The molecule has 0 amide bonds. The number of carbonyl (C=O) groups excluding carboxylic acids is 1. The summed E-state index contributed by atoms with van der Waals surface area (Å²) in [6.45, 7) is 1.86. The van der Waals surface area contributed by atoms with Gasteiger partial charge in [-0.1, -0.05) is 6.07 Å². The molecule has 1 aromatic carbocycles. The normalized spacial score (nSPS) is 26.3. The fraction of sp³-hybridized carbons (Fsp3) is 0.389. The lowest BCUT2D eigenvalue weighted by atomic mass is 9.86. The second kappa shape index (κ2) is 7.13. The molecule has 0 fully saturated rings. The van der Waals surface area contributed by atoms with Crippen LogP contribution < -0.4 is 0 Å². The number of benzene rings is 1. The Morgan fingerprint density at radius 1 is 1.36 bits per heavy atom. The topological polar surface area (TPSA) is 96.2 Å². The third-order valence-corrected chi connectivity index (χ3v) is 5.01. The molecule has 0 unspecified atom stereocenters. The zero-order valence-corrected chi connectivity index (χ0v) is 14.5. The lowest BCUT2D eigenvalue weighted by Crippen LogP contribution is -2.49. The highest BCUT2D eigenvalue weighted by Crippen LogP contribution is 2.30. The summed E-state index contributed by atoms with van der Waals surface area (Å²) in [6.07, 6.45) is -1.85. The van der Waals surface area contributed by atoms with E-state index in [-0.39, 0.29) is 25.4 Å². The Morgan fingerprint density at radius 3 is 2.92 bits per heavy atom. The summed E-state index contributed by atoms with van der Waals surface area (Å²) in [6, 6.07) is 7.85. The number of aliphatic hydroxyl groups is 3. The Bertz CT molecular complexity index is 798. The molecule has 6 nitrogen and oxygen atoms in total. The number of carbonyl (C=O) groups is 1. The summed E-state index contributed by atoms with van der Waals surface area (Å²) in [4.78, 5) is 11.9. The van der Waals surface area contributed by atoms with E-state index in [0.717, 1.165) is 21.7 Å². The highest BCUT2D eigenvalue weighted by atomic mass is 32.1. The predicted molar refractivity (Wildman–Crippen MR) is 92.9 cm³/mol. The lowest BCUT2D eigenvalue weighted by molar-refractivity contribution is -0.166. The summed E-state index contributed by atoms with van der Waals surface area (Å²) >= 11 is 1.64. The summed E-state index contributed by atoms with van der Waals surface area (Å²) in [5, 5.41) is 33.6. The standard InChI is InChI=1S/C18H20O6S/c1-2-23-17(21)18(22)8-13(19)16(20)14(9-18)24-10-11-3-4-15-12(7-11)5-6-25-15/h3-7,9,13,16,19-20,22H,2,8,10H2,1H3/t13-,16+,18-/m1/s1. The van der Waals surface area contributed by atoms with Crippen LogP contribution in [0.2, 0.25) is 0 Å². The smallest absolute Gasteiger partial charge is 0.342 e. The summed E-state index contributed by atoms with van der Waals surface area (Å²) in [5.74, 6) is -0.915. The highest BCUT2D eigenvalue weighted by molar-refractivity contribution is 7.17. The van der Waals surface area contributed by atoms with Gasteiger partial charge in [0.15, 0.2) is 5.60 Å². The molecule has 3 atom stereocenters. The minimum Gasteiger partial charge on any atom is -0.491 e. The van der Waals surface area contributed by atoms with E-state index in [1.807, 2.05) is 29.6 Å². The van der Waals surface area contributed by atoms with E-state index in [9.17, 15) is 20.1 Å². The van der Waals surface area contributed by atoms with Gasteiger partial charge in [0.25, 0.3) is 0 Å². The maximum atomic E-state index is 11.9. The summed E-state index contributed by atoms with van der Waals surface area (Å²) in [5.41, 5.74) is -1.14. The van der Waals surface area contributed by atoms with Gasteiger partial charge in [0, 0.05) is 11.1 Å². The Labute approximate surface area is 148 Å². The molecule has 0 saturated carbocycles. The second-order valence-corrected chi connectivity index (χ2v) is 6.94. The maximum absolute atomic E-state index is 11.9. The van der Waals surface area contributed by atoms with Crippen LogP contribution in [0, 0.1) is 0 Å². The first-order valence-corrected chi connectivity index (χ1v) is 8.88. The molecule has 1 aromatic heterocycles. The van der Waals surface area contributed by atoms with Gasteiger partial charge in [-0.2, -0.15) is 0 Å². The van der Waals surface area contributed by atoms with E-state index in [0.29, 0.717) is 0 Å². The maximum Gasteiger partial charge on any atom is 0.342 e. The van der Waals surface area contributed by atoms with Crippen molar-refractivity contribution in [3.05, 3.63) is 47.0 Å². The number of esters is 1. The van der Waals surface area contributed by atoms with E-state index in [2.05, 4.69) is 0 Å². The van der Waals surface area contributed by atoms with Crippen LogP contribution in [-0.4, -0.2) is 45.7 Å². The van der Waals surface area contributed by atoms with Crippen molar-refractivity contribution in [3.63, 3.8) is 0 Å². The van der Waals surface area contributed by atoms with Gasteiger partial charge in [-0.15, -0.1) is 11.3 Å². The first-order chi connectivity index (χ1) is 11.9. The molecule has 0 saturated heterocycles. The van der Waals surface area contributed by atoms with Crippen molar-refractivity contribution >= 4 is 27.4 Å². The number of fused-ring (bicyclic) bond motifs is 1. The number of hydrogen-bond acceptors (Lipinski definition) is 7. The number of rotatable bonds is 5. The molecule has 1 aliphatic carbocycles. The minimum atomic E-state index is -2.01. The molecule has 7 heteroatoms. The van der Waals surface area contributed by atoms with Gasteiger partial charge in [0.2, 0.25) is 0 Å². The SMILES string of the molecule is CCOC(=O)[C@]1(O)C=C(OCc2ccc3sccc3c2)[C@@H](O)[C@H](O)C1. The van der Waals surface area contributed by atoms with Crippen molar-refractivity contribution in [1.29, 1.82) is 0 Å². The lowest BCUT2D eigenvalue weighted by Gasteiger charge is -2.33. The molecule has 0 bridgehead atoms. The first-order valence-electron chi connectivity index (χ1n) is 8.00. The number of aliphatic hydroxyl groups excluding tert-OH is 2. The molecular weight excluding hydrogens is 344 g/mol. The second-order valence-electron chi connectivity index (χ2n) is 5.99. The molecule has 0 radical (unpaired) electrons. The average molecular weight is 364 g/mol. The fourth-order valence-electron chi connectivity index (χ4n) is 2.80. The van der Waals surface area contributed by atoms with Crippen molar-refractivity contribution in [2.75, 3.05) is 6.61 Å². The van der Waals surface area contributed by atoms with Crippen LogP contribution in [0.1, 0.15) is 18.9 Å². The van der Waals surface area contributed by atoms with Gasteiger partial charge in [-0.3, -0.25) is 0 Å². The van der Waals surface area contributed by atoms with Crippen molar-refractivity contribution in [3.8, 4) is 0 Å². The molecule has 1 aliphatic rings. The predicted octanol–water partition coefficient (Wildman–Crippen LogP) is 1.72. The monoisotopic (exact) mass is 364 g/mol. The van der Waals surface area contributed by atoms with Gasteiger partial charge in [0.1, 0.15) is 18.5 Å². The zero-order chi connectivity index (χ0) is 18.0. The molecule has 1 heterocycles. The molecule has 0 spiro atoms. The van der Waals surface area contributed by atoms with Gasteiger partial charge in [0.05, 0.1) is 12.7 Å². The summed E-state index contributed by atoms with van der Waals surface area (Å²) in [7, 11) is 0. The number of thiophene rings is 1. The Balaban J connectivity index is 1.78. The van der Waals surface area contributed by atoms with Crippen LogP contribution in [0.4, 0.5) is 0 Å². The van der Waals surface area contributed by atoms with Crippen LogP contribution in [-0.2, 0) is 20.9 Å². The Kier molecular flexibility index (Phi) is 5.10. The minimum absolute atomic E-state index is 0.0419. The molecule has 3 N–H and O–H groups in total. The van der Waals surface area contributed by atoms with Gasteiger partial charge in [-0.25, -0.2) is 4.79 Å². The van der Waals surface area contributed by atoms with Crippen molar-refractivity contribution in [1.82, 2.24) is 0 Å². The average Bonchev–Trinajstić information content (AvgIpc) is 3.05. The van der Waals surface area contributed by atoms with Crippen molar-refractivity contribution < 1.29 is 29.6 Å². The van der Waals surface area contributed by atoms with E-state index < -0.39 is 23.8 Å². The van der Waals surface area contributed by atoms with E-state index in [1.165, 1.54) is 0 Å². The highest BCUT2D eigenvalue weighted by Gasteiger charge is 2.45. The zero-order valence-electron chi connectivity index (χ0n) is 13.7. The van der Waals surface area contributed by atoms with Crippen LogP contribution in [0.5, 0.6) is 0 Å². The van der Waals surface area contributed by atoms with Crippen molar-refractivity contribution in [2.24, 2.45) is 0 Å². The van der Waals surface area contributed by atoms with Crippen LogP contribution in [0.25, 0.3) is 10.1 Å².